The van der Waals surface area contributed by atoms with Gasteiger partial charge in [-0.2, -0.15) is 0 Å². The fourth-order valence-corrected chi connectivity index (χ4v) is 2.03. The van der Waals surface area contributed by atoms with Crippen molar-refractivity contribution in [1.29, 1.82) is 0 Å². The lowest BCUT2D eigenvalue weighted by Gasteiger charge is -2.20. The van der Waals surface area contributed by atoms with Crippen molar-refractivity contribution in [1.82, 2.24) is 0 Å². The maximum atomic E-state index is 11.3. The molecule has 1 aromatic rings. The average Bonchev–Trinajstić information content (AvgIpc) is 2.35. The highest BCUT2D eigenvalue weighted by atomic mass is 16.5. The maximum absolute atomic E-state index is 11.3. The number of fused-ring (bicyclic) bond motifs is 1. The summed E-state index contributed by atoms with van der Waals surface area (Å²) in [6, 6.07) is 7.75. The summed E-state index contributed by atoms with van der Waals surface area (Å²) in [7, 11) is 0. The Morgan fingerprint density at radius 1 is 1.29 bits per heavy atom. The molecule has 0 amide bonds. The summed E-state index contributed by atoms with van der Waals surface area (Å²) in [5.74, 6) is -0.250. The van der Waals surface area contributed by atoms with Gasteiger partial charge in [-0.05, 0) is 17.5 Å². The number of carbonyl (C=O) groups excluding carboxylic acids is 1. The summed E-state index contributed by atoms with van der Waals surface area (Å²) >= 11 is 0. The van der Waals surface area contributed by atoms with E-state index in [9.17, 15) is 9.90 Å². The fraction of sp³-hybridized carbons (Fsp3) is 0.357. The largest absolute Gasteiger partial charge is 0.462 e. The Morgan fingerprint density at radius 3 is 2.76 bits per heavy atom. The Bertz CT molecular complexity index is 437. The average molecular weight is 232 g/mol. The van der Waals surface area contributed by atoms with E-state index in [0.29, 0.717) is 13.0 Å². The third-order valence-corrected chi connectivity index (χ3v) is 2.97. The van der Waals surface area contributed by atoms with E-state index < -0.39 is 6.10 Å². The van der Waals surface area contributed by atoms with Crippen LogP contribution in [-0.4, -0.2) is 17.7 Å². The molecule has 1 N–H and O–H groups in total. The van der Waals surface area contributed by atoms with E-state index in [0.717, 1.165) is 11.1 Å². The molecule has 0 aromatic heterocycles. The first-order valence-corrected chi connectivity index (χ1v) is 5.78. The summed E-state index contributed by atoms with van der Waals surface area (Å²) in [6.07, 6.45) is 2.90. The Kier molecular flexibility index (Phi) is 3.59. The van der Waals surface area contributed by atoms with Gasteiger partial charge in [-0.25, -0.2) is 4.79 Å². The normalized spacial score (nSPS) is 26.8. The van der Waals surface area contributed by atoms with Gasteiger partial charge in [-0.3, -0.25) is 0 Å². The Morgan fingerprint density at radius 2 is 2.00 bits per heavy atom. The lowest BCUT2D eigenvalue weighted by Crippen LogP contribution is -2.13. The van der Waals surface area contributed by atoms with Crippen LogP contribution in [0.3, 0.4) is 0 Å². The zero-order valence-electron chi connectivity index (χ0n) is 9.80. The molecule has 0 fully saturated rings. The summed E-state index contributed by atoms with van der Waals surface area (Å²) in [4.78, 5) is 11.3. The number of carbonyl (C=O) groups is 1. The summed E-state index contributed by atoms with van der Waals surface area (Å²) in [5.41, 5.74) is 1.96. The number of rotatable bonds is 0. The van der Waals surface area contributed by atoms with E-state index in [1.807, 2.05) is 31.2 Å². The SMILES string of the molecule is C[C@H]1COC(=O)/C=C\C[C@@H](O)c2ccccc21. The molecule has 3 nitrogen and oxygen atoms in total. The second kappa shape index (κ2) is 5.15. The van der Waals surface area contributed by atoms with Crippen LogP contribution in [0.15, 0.2) is 36.4 Å². The predicted octanol–water partition coefficient (Wildman–Crippen LogP) is 2.33. The predicted molar refractivity (Wildman–Crippen MR) is 64.5 cm³/mol. The molecule has 17 heavy (non-hydrogen) atoms. The molecule has 0 radical (unpaired) electrons. The van der Waals surface area contributed by atoms with Gasteiger partial charge in [0.05, 0.1) is 12.7 Å². The van der Waals surface area contributed by atoms with Crippen LogP contribution in [-0.2, 0) is 9.53 Å². The topological polar surface area (TPSA) is 46.5 Å². The second-order valence-electron chi connectivity index (χ2n) is 4.31. The maximum Gasteiger partial charge on any atom is 0.330 e. The molecule has 1 heterocycles. The zero-order chi connectivity index (χ0) is 12.3. The van der Waals surface area contributed by atoms with Gasteiger partial charge in [0.15, 0.2) is 0 Å². The number of cyclic esters (lactones) is 1. The van der Waals surface area contributed by atoms with Gasteiger partial charge in [0.25, 0.3) is 0 Å². The minimum Gasteiger partial charge on any atom is -0.462 e. The lowest BCUT2D eigenvalue weighted by molar-refractivity contribution is -0.138. The van der Waals surface area contributed by atoms with Crippen LogP contribution in [0.2, 0.25) is 0 Å². The molecule has 0 bridgehead atoms. The molecule has 2 atom stereocenters. The van der Waals surface area contributed by atoms with Crippen molar-refractivity contribution >= 4 is 5.97 Å². The highest BCUT2D eigenvalue weighted by molar-refractivity contribution is 5.81. The Hall–Kier alpha value is -1.61. The summed E-state index contributed by atoms with van der Waals surface area (Å²) in [6.45, 7) is 2.33. The Labute approximate surface area is 101 Å². The van der Waals surface area contributed by atoms with Crippen LogP contribution in [0, 0.1) is 0 Å². The van der Waals surface area contributed by atoms with Gasteiger partial charge in [0.1, 0.15) is 0 Å². The zero-order valence-corrected chi connectivity index (χ0v) is 9.80. The molecule has 90 valence electrons. The van der Waals surface area contributed by atoms with Crippen molar-refractivity contribution in [3.05, 3.63) is 47.5 Å². The van der Waals surface area contributed by atoms with Crippen LogP contribution < -0.4 is 0 Å². The van der Waals surface area contributed by atoms with Crippen molar-refractivity contribution in [2.45, 2.75) is 25.4 Å². The van der Waals surface area contributed by atoms with Crippen LogP contribution >= 0.6 is 0 Å². The molecule has 3 heteroatoms. The van der Waals surface area contributed by atoms with Crippen molar-refractivity contribution in [3.63, 3.8) is 0 Å². The van der Waals surface area contributed by atoms with Crippen molar-refractivity contribution < 1.29 is 14.6 Å². The molecule has 0 aliphatic carbocycles. The third kappa shape index (κ3) is 2.74. The monoisotopic (exact) mass is 232 g/mol. The fourth-order valence-electron chi connectivity index (χ4n) is 2.03. The van der Waals surface area contributed by atoms with Crippen molar-refractivity contribution in [2.24, 2.45) is 0 Å². The first-order chi connectivity index (χ1) is 8.18. The van der Waals surface area contributed by atoms with Crippen LogP contribution in [0.5, 0.6) is 0 Å². The van der Waals surface area contributed by atoms with E-state index in [1.54, 1.807) is 6.08 Å². The van der Waals surface area contributed by atoms with Gasteiger partial charge >= 0.3 is 5.97 Å². The number of ether oxygens (including phenoxy) is 1. The van der Waals surface area contributed by atoms with Crippen molar-refractivity contribution in [3.8, 4) is 0 Å². The smallest absolute Gasteiger partial charge is 0.330 e. The third-order valence-electron chi connectivity index (χ3n) is 2.97. The number of aliphatic hydroxyl groups is 1. The number of benzene rings is 1. The molecule has 1 aliphatic heterocycles. The Balaban J connectivity index is 2.36. The summed E-state index contributed by atoms with van der Waals surface area (Å²) in [5, 5.41) is 10.1. The van der Waals surface area contributed by atoms with Crippen LogP contribution in [0.4, 0.5) is 0 Å². The minimum atomic E-state index is -0.559. The number of esters is 1. The van der Waals surface area contributed by atoms with Gasteiger partial charge < -0.3 is 9.84 Å². The lowest BCUT2D eigenvalue weighted by atomic mass is 9.92. The molecule has 0 unspecified atom stereocenters. The van der Waals surface area contributed by atoms with E-state index in [4.69, 9.17) is 4.74 Å². The molecule has 1 aliphatic rings. The highest BCUT2D eigenvalue weighted by Gasteiger charge is 2.17. The molecule has 0 saturated carbocycles. The molecular formula is C14H16O3. The molecule has 2 rings (SSSR count). The molecule has 0 saturated heterocycles. The highest BCUT2D eigenvalue weighted by Crippen LogP contribution is 2.28. The summed E-state index contributed by atoms with van der Waals surface area (Å²) < 4.78 is 5.12. The molecule has 0 spiro atoms. The van der Waals surface area contributed by atoms with Gasteiger partial charge in [-0.15, -0.1) is 0 Å². The first-order valence-electron chi connectivity index (χ1n) is 5.78. The molecular weight excluding hydrogens is 216 g/mol. The number of hydrogen-bond acceptors (Lipinski definition) is 3. The quantitative estimate of drug-likeness (QED) is 0.698. The number of hydrogen-bond donors (Lipinski definition) is 1. The first kappa shape index (κ1) is 11.9. The van der Waals surface area contributed by atoms with Crippen LogP contribution in [0.1, 0.15) is 36.5 Å². The van der Waals surface area contributed by atoms with E-state index in [-0.39, 0.29) is 11.9 Å². The van der Waals surface area contributed by atoms with Crippen LogP contribution in [0.25, 0.3) is 0 Å². The standard InChI is InChI=1S/C14H16O3/c1-10-9-17-14(16)8-4-7-13(15)12-6-3-2-5-11(10)12/h2-6,8,10,13,15H,7,9H2,1H3/b8-4-/t10-,13+/m0/s1. The van der Waals surface area contributed by atoms with Gasteiger partial charge in [-0.1, -0.05) is 37.3 Å². The van der Waals surface area contributed by atoms with E-state index in [1.165, 1.54) is 6.08 Å². The van der Waals surface area contributed by atoms with E-state index in [2.05, 4.69) is 0 Å². The number of aliphatic hydroxyl groups excluding tert-OH is 1. The van der Waals surface area contributed by atoms with Gasteiger partial charge in [0.2, 0.25) is 0 Å². The molecule has 1 aromatic carbocycles. The van der Waals surface area contributed by atoms with E-state index >= 15 is 0 Å². The van der Waals surface area contributed by atoms with Crippen molar-refractivity contribution in [2.75, 3.05) is 6.61 Å². The van der Waals surface area contributed by atoms with Gasteiger partial charge in [0, 0.05) is 12.0 Å². The second-order valence-corrected chi connectivity index (χ2v) is 4.31. The minimum absolute atomic E-state index is 0.0938.